The number of nitrogens with two attached hydrogens (primary N) is 1. The van der Waals surface area contributed by atoms with Gasteiger partial charge >= 0.3 is 0 Å². The lowest BCUT2D eigenvalue weighted by atomic mass is 10.2. The predicted molar refractivity (Wildman–Crippen MR) is 79.9 cm³/mol. The van der Waals surface area contributed by atoms with E-state index in [1.54, 1.807) is 7.11 Å². The summed E-state index contributed by atoms with van der Waals surface area (Å²) >= 11 is 0. The van der Waals surface area contributed by atoms with Crippen LogP contribution in [0.3, 0.4) is 0 Å². The molecule has 0 unspecified atom stereocenters. The highest BCUT2D eigenvalue weighted by Gasteiger charge is 2.12. The summed E-state index contributed by atoms with van der Waals surface area (Å²) in [6.07, 6.45) is 0. The molecule has 0 saturated heterocycles. The molecule has 0 aliphatic carbocycles. The Bertz CT molecular complexity index is 412. The van der Waals surface area contributed by atoms with Crippen molar-refractivity contribution in [2.45, 2.75) is 26.7 Å². The van der Waals surface area contributed by atoms with Gasteiger partial charge in [0.05, 0.1) is 19.8 Å². The lowest BCUT2D eigenvalue weighted by molar-refractivity contribution is 0.0759. The number of nitrogens with zero attached hydrogens (tertiary/aromatic N) is 2. The van der Waals surface area contributed by atoms with Gasteiger partial charge in [-0.1, -0.05) is 13.8 Å². The molecule has 7 heteroatoms. The summed E-state index contributed by atoms with van der Waals surface area (Å²) in [6.45, 7) is 8.47. The molecule has 7 nitrogen and oxygen atoms in total. The average molecular weight is 283 g/mol. The van der Waals surface area contributed by atoms with Crippen LogP contribution in [0.15, 0.2) is 0 Å². The quantitative estimate of drug-likeness (QED) is 0.357. The Morgan fingerprint density at radius 3 is 2.45 bits per heavy atom. The molecule has 0 aromatic carbocycles. The average Bonchev–Trinajstić information content (AvgIpc) is 2.44. The minimum Gasteiger partial charge on any atom is -0.382 e. The van der Waals surface area contributed by atoms with Crippen LogP contribution < -0.4 is 16.6 Å². The van der Waals surface area contributed by atoms with Crippen LogP contribution in [0, 0.1) is 6.92 Å². The monoisotopic (exact) mass is 283 g/mol. The Morgan fingerprint density at radius 1 is 1.15 bits per heavy atom. The molecular weight excluding hydrogens is 258 g/mol. The zero-order chi connectivity index (χ0) is 15.0. The summed E-state index contributed by atoms with van der Waals surface area (Å²) in [5.41, 5.74) is 3.51. The Morgan fingerprint density at radius 2 is 1.85 bits per heavy atom. The van der Waals surface area contributed by atoms with Gasteiger partial charge in [0.25, 0.3) is 0 Å². The molecule has 0 radical (unpaired) electrons. The fraction of sp³-hybridized carbons (Fsp3) is 0.692. The molecule has 1 aromatic rings. The van der Waals surface area contributed by atoms with E-state index in [-0.39, 0.29) is 5.92 Å². The van der Waals surface area contributed by atoms with Crippen LogP contribution in [0.2, 0.25) is 0 Å². The molecule has 0 spiro atoms. The summed E-state index contributed by atoms with van der Waals surface area (Å²) in [5.74, 6) is 7.91. The highest BCUT2D eigenvalue weighted by atomic mass is 16.5. The molecule has 0 amide bonds. The van der Waals surface area contributed by atoms with Gasteiger partial charge < -0.3 is 20.2 Å². The number of hydrazine groups is 1. The van der Waals surface area contributed by atoms with E-state index >= 15 is 0 Å². The number of anilines is 2. The van der Waals surface area contributed by atoms with E-state index in [0.29, 0.717) is 32.2 Å². The van der Waals surface area contributed by atoms with Gasteiger partial charge in [0.1, 0.15) is 17.5 Å². The first-order chi connectivity index (χ1) is 9.60. The maximum Gasteiger partial charge on any atom is 0.148 e. The van der Waals surface area contributed by atoms with E-state index in [2.05, 4.69) is 20.7 Å². The zero-order valence-electron chi connectivity index (χ0n) is 12.7. The molecule has 0 aliphatic rings. The summed E-state index contributed by atoms with van der Waals surface area (Å²) < 4.78 is 10.3. The van der Waals surface area contributed by atoms with Crippen molar-refractivity contribution in [1.29, 1.82) is 0 Å². The number of nitrogen functional groups attached to an aromatic ring is 1. The fourth-order valence-corrected chi connectivity index (χ4v) is 1.59. The van der Waals surface area contributed by atoms with Crippen LogP contribution in [0.25, 0.3) is 0 Å². The highest BCUT2D eigenvalue weighted by molar-refractivity contribution is 5.56. The third-order valence-corrected chi connectivity index (χ3v) is 2.79. The Hall–Kier alpha value is -1.44. The minimum absolute atomic E-state index is 0.237. The third-order valence-electron chi connectivity index (χ3n) is 2.79. The molecule has 114 valence electrons. The number of hydrogen-bond acceptors (Lipinski definition) is 7. The van der Waals surface area contributed by atoms with Crippen LogP contribution in [0.1, 0.15) is 31.2 Å². The maximum atomic E-state index is 5.49. The van der Waals surface area contributed by atoms with Crippen LogP contribution in [-0.4, -0.2) is 43.4 Å². The maximum absolute atomic E-state index is 5.49. The van der Waals surface area contributed by atoms with Crippen LogP contribution in [0.5, 0.6) is 0 Å². The van der Waals surface area contributed by atoms with Gasteiger partial charge in [0, 0.05) is 25.1 Å². The number of rotatable bonds is 9. The van der Waals surface area contributed by atoms with Crippen molar-refractivity contribution in [2.75, 3.05) is 44.2 Å². The molecule has 1 heterocycles. The summed E-state index contributed by atoms with van der Waals surface area (Å²) in [4.78, 5) is 8.90. The van der Waals surface area contributed by atoms with E-state index in [4.69, 9.17) is 15.3 Å². The summed E-state index contributed by atoms with van der Waals surface area (Å²) in [6, 6.07) is 0. The van der Waals surface area contributed by atoms with Crippen LogP contribution >= 0.6 is 0 Å². The van der Waals surface area contributed by atoms with Gasteiger partial charge in [-0.15, -0.1) is 0 Å². The van der Waals surface area contributed by atoms with Gasteiger partial charge in [-0.2, -0.15) is 0 Å². The standard InChI is InChI=1S/C13H25N5O2/c1-9(2)11-16-12(10(3)13(17-11)18-14)15-5-6-20-8-7-19-4/h9H,5-8,14H2,1-4H3,(H2,15,16,17,18). The molecule has 0 saturated carbocycles. The van der Waals surface area contributed by atoms with Crippen molar-refractivity contribution in [3.63, 3.8) is 0 Å². The molecular formula is C13H25N5O2. The minimum atomic E-state index is 0.237. The molecule has 1 aromatic heterocycles. The van der Waals surface area contributed by atoms with E-state index in [9.17, 15) is 0 Å². The molecule has 0 fully saturated rings. The van der Waals surface area contributed by atoms with Crippen molar-refractivity contribution < 1.29 is 9.47 Å². The first kappa shape index (κ1) is 16.6. The first-order valence-electron chi connectivity index (χ1n) is 6.75. The van der Waals surface area contributed by atoms with Gasteiger partial charge in [0.2, 0.25) is 0 Å². The number of methoxy groups -OCH3 is 1. The molecule has 4 N–H and O–H groups in total. The third kappa shape index (κ3) is 4.92. The Labute approximate surface area is 120 Å². The fourth-order valence-electron chi connectivity index (χ4n) is 1.59. The Kier molecular flexibility index (Phi) is 7.21. The van der Waals surface area contributed by atoms with Crippen LogP contribution in [0.4, 0.5) is 11.6 Å². The SMILES string of the molecule is COCCOCCNc1nc(C(C)C)nc(NN)c1C. The summed E-state index contributed by atoms with van der Waals surface area (Å²) in [5, 5.41) is 3.25. The van der Waals surface area contributed by atoms with E-state index < -0.39 is 0 Å². The molecule has 0 atom stereocenters. The second-order valence-electron chi connectivity index (χ2n) is 4.74. The smallest absolute Gasteiger partial charge is 0.148 e. The van der Waals surface area contributed by atoms with Gasteiger partial charge in [0.15, 0.2) is 0 Å². The molecule has 1 rings (SSSR count). The van der Waals surface area contributed by atoms with Crippen LogP contribution in [-0.2, 0) is 9.47 Å². The molecule has 0 aliphatic heterocycles. The predicted octanol–water partition coefficient (Wildman–Crippen LogP) is 1.27. The largest absolute Gasteiger partial charge is 0.382 e. The van der Waals surface area contributed by atoms with Gasteiger partial charge in [-0.3, -0.25) is 0 Å². The number of hydrogen-bond donors (Lipinski definition) is 3. The summed E-state index contributed by atoms with van der Waals surface area (Å²) in [7, 11) is 1.65. The van der Waals surface area contributed by atoms with Crippen molar-refractivity contribution in [3.8, 4) is 0 Å². The van der Waals surface area contributed by atoms with Crippen molar-refractivity contribution in [3.05, 3.63) is 11.4 Å². The topological polar surface area (TPSA) is 94.3 Å². The highest BCUT2D eigenvalue weighted by Crippen LogP contribution is 2.22. The van der Waals surface area contributed by atoms with Gasteiger partial charge in [-0.05, 0) is 6.92 Å². The Balaban J connectivity index is 2.61. The van der Waals surface area contributed by atoms with Crippen molar-refractivity contribution >= 4 is 11.6 Å². The first-order valence-corrected chi connectivity index (χ1v) is 6.75. The zero-order valence-corrected chi connectivity index (χ0v) is 12.7. The second-order valence-corrected chi connectivity index (χ2v) is 4.74. The van der Waals surface area contributed by atoms with Gasteiger partial charge in [-0.25, -0.2) is 15.8 Å². The normalized spacial score (nSPS) is 10.9. The molecule has 0 bridgehead atoms. The number of nitrogens with one attached hydrogen (secondary N) is 2. The second kappa shape index (κ2) is 8.68. The number of aromatic nitrogens is 2. The van der Waals surface area contributed by atoms with E-state index in [1.807, 2.05) is 20.8 Å². The lowest BCUT2D eigenvalue weighted by Gasteiger charge is -2.15. The lowest BCUT2D eigenvalue weighted by Crippen LogP contribution is -2.17. The molecule has 20 heavy (non-hydrogen) atoms. The van der Waals surface area contributed by atoms with Crippen molar-refractivity contribution in [1.82, 2.24) is 9.97 Å². The van der Waals surface area contributed by atoms with E-state index in [1.165, 1.54) is 0 Å². The van der Waals surface area contributed by atoms with Crippen molar-refractivity contribution in [2.24, 2.45) is 5.84 Å². The number of ether oxygens (including phenoxy) is 2. The van der Waals surface area contributed by atoms with E-state index in [0.717, 1.165) is 17.2 Å².